The van der Waals surface area contributed by atoms with Crippen LogP contribution in [0.5, 0.6) is 0 Å². The summed E-state index contributed by atoms with van der Waals surface area (Å²) in [5.41, 5.74) is 0.127. The lowest BCUT2D eigenvalue weighted by Crippen LogP contribution is -2.66. The maximum absolute atomic E-state index is 12.0. The number of Topliss-reactive ketones (excluding diaryl/α,β-unsaturated/α-hetero) is 1. The Kier molecular flexibility index (Phi) is 3.05. The van der Waals surface area contributed by atoms with Gasteiger partial charge in [-0.2, -0.15) is 0 Å². The van der Waals surface area contributed by atoms with Crippen LogP contribution in [0.4, 0.5) is 0 Å². The second kappa shape index (κ2) is 3.65. The van der Waals surface area contributed by atoms with Crippen LogP contribution in [0.2, 0.25) is 0 Å². The number of carbonyl (C=O) groups is 1. The summed E-state index contributed by atoms with van der Waals surface area (Å²) in [5.74, 6) is 1.09. The highest BCUT2D eigenvalue weighted by molar-refractivity contribution is 5.87. The van der Waals surface area contributed by atoms with Crippen molar-refractivity contribution in [3.63, 3.8) is 0 Å². The van der Waals surface area contributed by atoms with Crippen molar-refractivity contribution in [1.82, 2.24) is 4.90 Å². The van der Waals surface area contributed by atoms with Crippen LogP contribution in [-0.2, 0) is 4.79 Å². The molecule has 1 heterocycles. The van der Waals surface area contributed by atoms with E-state index in [2.05, 4.69) is 32.6 Å². The van der Waals surface area contributed by atoms with E-state index in [4.69, 9.17) is 0 Å². The highest BCUT2D eigenvalue weighted by atomic mass is 16.1. The molecule has 2 nitrogen and oxygen atoms in total. The summed E-state index contributed by atoms with van der Waals surface area (Å²) in [6.07, 6.45) is 0. The molecule has 82 valence electrons. The molecule has 1 fully saturated rings. The van der Waals surface area contributed by atoms with Crippen molar-refractivity contribution in [3.8, 4) is 0 Å². The molecule has 2 heteroatoms. The van der Waals surface area contributed by atoms with Crippen LogP contribution in [-0.4, -0.2) is 28.8 Å². The predicted octanol–water partition coefficient (Wildman–Crippen LogP) is 2.33. The standard InChI is InChI=1S/C12H23NO/c1-8(2)11(14)10-9(3)7-13(10)12(4,5)6/h8-10H,7H2,1-6H3/t9-,10+/m1/s1. The van der Waals surface area contributed by atoms with Gasteiger partial charge in [-0.1, -0.05) is 20.8 Å². The predicted molar refractivity (Wildman–Crippen MR) is 59.3 cm³/mol. The van der Waals surface area contributed by atoms with Gasteiger partial charge in [-0.25, -0.2) is 0 Å². The van der Waals surface area contributed by atoms with E-state index in [0.717, 1.165) is 6.54 Å². The maximum Gasteiger partial charge on any atom is 0.152 e. The molecule has 0 N–H and O–H groups in total. The summed E-state index contributed by atoms with van der Waals surface area (Å²) >= 11 is 0. The molecule has 0 saturated carbocycles. The molecular weight excluding hydrogens is 174 g/mol. The minimum atomic E-state index is 0.127. The first-order valence-electron chi connectivity index (χ1n) is 5.55. The first-order chi connectivity index (χ1) is 6.25. The Morgan fingerprint density at radius 1 is 1.36 bits per heavy atom. The third-order valence-electron chi connectivity index (χ3n) is 3.08. The highest BCUT2D eigenvalue weighted by Crippen LogP contribution is 2.33. The molecule has 1 aliphatic heterocycles. The molecule has 1 aliphatic rings. The Labute approximate surface area is 87.7 Å². The zero-order chi connectivity index (χ0) is 11.1. The number of likely N-dealkylation sites (tertiary alicyclic amines) is 1. The van der Waals surface area contributed by atoms with Crippen LogP contribution < -0.4 is 0 Å². The van der Waals surface area contributed by atoms with Gasteiger partial charge in [-0.05, 0) is 26.7 Å². The lowest BCUT2D eigenvalue weighted by molar-refractivity contribution is -0.142. The Balaban J connectivity index is 2.72. The number of carbonyl (C=O) groups excluding carboxylic acids is 1. The second-order valence-corrected chi connectivity index (χ2v) is 5.80. The van der Waals surface area contributed by atoms with Gasteiger partial charge in [-0.15, -0.1) is 0 Å². The Bertz CT molecular complexity index is 227. The Morgan fingerprint density at radius 2 is 1.86 bits per heavy atom. The van der Waals surface area contributed by atoms with Crippen molar-refractivity contribution in [1.29, 1.82) is 0 Å². The summed E-state index contributed by atoms with van der Waals surface area (Å²) in [5, 5.41) is 0. The molecule has 0 aliphatic carbocycles. The van der Waals surface area contributed by atoms with Gasteiger partial charge in [0.15, 0.2) is 5.78 Å². The molecule has 0 spiro atoms. The van der Waals surface area contributed by atoms with Gasteiger partial charge in [0.25, 0.3) is 0 Å². The summed E-state index contributed by atoms with van der Waals surface area (Å²) < 4.78 is 0. The van der Waals surface area contributed by atoms with E-state index in [1.165, 1.54) is 0 Å². The average molecular weight is 197 g/mol. The van der Waals surface area contributed by atoms with Crippen molar-refractivity contribution in [2.45, 2.75) is 53.1 Å². The molecule has 0 aromatic rings. The highest BCUT2D eigenvalue weighted by Gasteiger charge is 2.45. The fraction of sp³-hybridized carbons (Fsp3) is 0.917. The molecule has 0 bridgehead atoms. The average Bonchev–Trinajstić information content (AvgIpc) is 1.97. The van der Waals surface area contributed by atoms with Gasteiger partial charge in [-0.3, -0.25) is 9.69 Å². The van der Waals surface area contributed by atoms with Gasteiger partial charge in [0.05, 0.1) is 6.04 Å². The van der Waals surface area contributed by atoms with Crippen molar-refractivity contribution in [2.24, 2.45) is 11.8 Å². The smallest absolute Gasteiger partial charge is 0.152 e. The van der Waals surface area contributed by atoms with Gasteiger partial charge < -0.3 is 0 Å². The summed E-state index contributed by atoms with van der Waals surface area (Å²) in [4.78, 5) is 14.3. The van der Waals surface area contributed by atoms with Crippen molar-refractivity contribution >= 4 is 5.78 Å². The van der Waals surface area contributed by atoms with Crippen LogP contribution in [0.1, 0.15) is 41.5 Å². The van der Waals surface area contributed by atoms with E-state index >= 15 is 0 Å². The number of nitrogens with zero attached hydrogens (tertiary/aromatic N) is 1. The molecule has 1 rings (SSSR count). The van der Waals surface area contributed by atoms with Crippen LogP contribution in [0, 0.1) is 11.8 Å². The minimum absolute atomic E-state index is 0.127. The van der Waals surface area contributed by atoms with Crippen molar-refractivity contribution in [2.75, 3.05) is 6.54 Å². The SMILES string of the molecule is CC(C)C(=O)[C@@H]1[C@H](C)CN1C(C)(C)C. The van der Waals surface area contributed by atoms with E-state index in [9.17, 15) is 4.79 Å². The summed E-state index contributed by atoms with van der Waals surface area (Å²) in [6, 6.07) is 0.162. The van der Waals surface area contributed by atoms with E-state index in [1.54, 1.807) is 0 Å². The molecule has 0 aromatic heterocycles. The first-order valence-corrected chi connectivity index (χ1v) is 5.55. The monoisotopic (exact) mass is 197 g/mol. The fourth-order valence-electron chi connectivity index (χ4n) is 2.16. The van der Waals surface area contributed by atoms with Gasteiger partial charge >= 0.3 is 0 Å². The number of ketones is 1. The fourth-order valence-corrected chi connectivity index (χ4v) is 2.16. The Hall–Kier alpha value is -0.370. The quantitative estimate of drug-likeness (QED) is 0.677. The summed E-state index contributed by atoms with van der Waals surface area (Å²) in [7, 11) is 0. The molecule has 0 radical (unpaired) electrons. The zero-order valence-electron chi connectivity index (χ0n) is 10.3. The molecule has 14 heavy (non-hydrogen) atoms. The molecular formula is C12H23NO. The number of hydrogen-bond acceptors (Lipinski definition) is 2. The largest absolute Gasteiger partial charge is 0.298 e. The summed E-state index contributed by atoms with van der Waals surface area (Å²) in [6.45, 7) is 13.8. The van der Waals surface area contributed by atoms with Crippen LogP contribution in [0.25, 0.3) is 0 Å². The van der Waals surface area contributed by atoms with E-state index in [-0.39, 0.29) is 17.5 Å². The molecule has 0 amide bonds. The van der Waals surface area contributed by atoms with Crippen molar-refractivity contribution < 1.29 is 4.79 Å². The van der Waals surface area contributed by atoms with E-state index in [0.29, 0.717) is 11.7 Å². The third-order valence-corrected chi connectivity index (χ3v) is 3.08. The van der Waals surface area contributed by atoms with Crippen LogP contribution >= 0.6 is 0 Å². The number of rotatable bonds is 2. The molecule has 2 atom stereocenters. The molecule has 0 aromatic carbocycles. The lowest BCUT2D eigenvalue weighted by Gasteiger charge is -2.53. The van der Waals surface area contributed by atoms with Gasteiger partial charge in [0.2, 0.25) is 0 Å². The number of hydrogen-bond donors (Lipinski definition) is 0. The minimum Gasteiger partial charge on any atom is -0.298 e. The van der Waals surface area contributed by atoms with Crippen molar-refractivity contribution in [3.05, 3.63) is 0 Å². The molecule has 1 saturated heterocycles. The lowest BCUT2D eigenvalue weighted by atomic mass is 9.79. The molecule has 0 unspecified atom stereocenters. The Morgan fingerprint density at radius 3 is 2.14 bits per heavy atom. The van der Waals surface area contributed by atoms with E-state index < -0.39 is 0 Å². The maximum atomic E-state index is 12.0. The second-order valence-electron chi connectivity index (χ2n) is 5.80. The normalized spacial score (nSPS) is 29.1. The van der Waals surface area contributed by atoms with Gasteiger partial charge in [0.1, 0.15) is 0 Å². The van der Waals surface area contributed by atoms with Gasteiger partial charge in [0, 0.05) is 18.0 Å². The van der Waals surface area contributed by atoms with Crippen LogP contribution in [0.3, 0.4) is 0 Å². The third kappa shape index (κ3) is 2.00. The zero-order valence-corrected chi connectivity index (χ0v) is 10.3. The first kappa shape index (κ1) is 11.7. The topological polar surface area (TPSA) is 20.3 Å². The van der Waals surface area contributed by atoms with Crippen LogP contribution in [0.15, 0.2) is 0 Å². The van der Waals surface area contributed by atoms with E-state index in [1.807, 2.05) is 13.8 Å².